The molecule has 0 aliphatic heterocycles. The third kappa shape index (κ3) is 7.46. The molecule has 0 amide bonds. The summed E-state index contributed by atoms with van der Waals surface area (Å²) in [7, 11) is -3.71. The van der Waals surface area contributed by atoms with Crippen molar-refractivity contribution < 1.29 is 17.9 Å². The molecule has 2 rings (SSSR count). The number of esters is 1. The molecule has 2 aromatic rings. The molecule has 6 heteroatoms. The van der Waals surface area contributed by atoms with Crippen molar-refractivity contribution in [1.29, 1.82) is 0 Å². The Bertz CT molecular complexity index is 870. The van der Waals surface area contributed by atoms with Crippen LogP contribution < -0.4 is 4.72 Å². The van der Waals surface area contributed by atoms with Crippen LogP contribution in [0.4, 0.5) is 0 Å². The molecular weight excluding hydrogens is 350 g/mol. The fraction of sp³-hybridized carbons (Fsp3) is 0.150. The van der Waals surface area contributed by atoms with Gasteiger partial charge in [-0.05, 0) is 30.2 Å². The fourth-order valence-electron chi connectivity index (χ4n) is 1.99. The maximum absolute atomic E-state index is 11.9. The summed E-state index contributed by atoms with van der Waals surface area (Å²) in [6.45, 7) is 1.61. The topological polar surface area (TPSA) is 72.5 Å². The number of hydrogen-bond donors (Lipinski definition) is 1. The van der Waals surface area contributed by atoms with Crippen molar-refractivity contribution in [1.82, 2.24) is 4.72 Å². The van der Waals surface area contributed by atoms with Crippen molar-refractivity contribution in [3.05, 3.63) is 82.8 Å². The van der Waals surface area contributed by atoms with Crippen LogP contribution >= 0.6 is 0 Å². The summed E-state index contributed by atoms with van der Waals surface area (Å²) >= 11 is 0. The second-order valence-electron chi connectivity index (χ2n) is 5.58. The van der Waals surface area contributed by atoms with Gasteiger partial charge in [0.15, 0.2) is 0 Å². The summed E-state index contributed by atoms with van der Waals surface area (Å²) in [6, 6.07) is 17.0. The van der Waals surface area contributed by atoms with Gasteiger partial charge in [0.25, 0.3) is 0 Å². The number of aryl methyl sites for hydroxylation is 1. The molecule has 0 saturated carbocycles. The molecule has 0 aliphatic carbocycles. The van der Waals surface area contributed by atoms with E-state index in [1.807, 2.05) is 67.6 Å². The molecule has 136 valence electrons. The van der Waals surface area contributed by atoms with Gasteiger partial charge in [0.1, 0.15) is 13.2 Å². The number of rotatable bonds is 8. The lowest BCUT2D eigenvalue weighted by molar-refractivity contribution is -0.140. The Balaban J connectivity index is 1.75. The number of nitrogens with one attached hydrogen (secondary N) is 1. The van der Waals surface area contributed by atoms with Crippen LogP contribution in [0.3, 0.4) is 0 Å². The summed E-state index contributed by atoms with van der Waals surface area (Å²) in [5.41, 5.74) is 2.84. The molecule has 0 heterocycles. The van der Waals surface area contributed by atoms with E-state index in [9.17, 15) is 13.2 Å². The molecule has 0 atom stereocenters. The van der Waals surface area contributed by atoms with E-state index >= 15 is 0 Å². The van der Waals surface area contributed by atoms with Gasteiger partial charge in [-0.15, -0.1) is 0 Å². The molecule has 0 saturated heterocycles. The number of carbonyl (C=O) groups excluding carboxylic acids is 1. The van der Waals surface area contributed by atoms with Crippen LogP contribution in [0.25, 0.3) is 12.2 Å². The van der Waals surface area contributed by atoms with Crippen molar-refractivity contribution >= 4 is 28.1 Å². The van der Waals surface area contributed by atoms with Crippen molar-refractivity contribution in [2.24, 2.45) is 0 Å². The smallest absolute Gasteiger partial charge is 0.321 e. The van der Waals surface area contributed by atoms with E-state index in [1.54, 1.807) is 6.08 Å². The largest absolute Gasteiger partial charge is 0.460 e. The molecular formula is C20H21NO4S. The maximum atomic E-state index is 11.9. The van der Waals surface area contributed by atoms with E-state index in [0.717, 1.165) is 22.1 Å². The van der Waals surface area contributed by atoms with Gasteiger partial charge >= 0.3 is 5.97 Å². The summed E-state index contributed by atoms with van der Waals surface area (Å²) < 4.78 is 30.9. The van der Waals surface area contributed by atoms with Gasteiger partial charge in [-0.3, -0.25) is 4.79 Å². The zero-order chi connectivity index (χ0) is 18.8. The van der Waals surface area contributed by atoms with Crippen LogP contribution in [0.5, 0.6) is 0 Å². The highest BCUT2D eigenvalue weighted by Crippen LogP contribution is 2.06. The van der Waals surface area contributed by atoms with E-state index < -0.39 is 22.5 Å². The zero-order valence-corrected chi connectivity index (χ0v) is 15.3. The monoisotopic (exact) mass is 371 g/mol. The number of carbonyl (C=O) groups is 1. The minimum Gasteiger partial charge on any atom is -0.460 e. The number of sulfonamides is 1. The first-order chi connectivity index (χ1) is 12.4. The second kappa shape index (κ2) is 9.70. The molecule has 1 N–H and O–H groups in total. The molecule has 0 spiro atoms. The lowest BCUT2D eigenvalue weighted by Gasteiger charge is -2.03. The zero-order valence-electron chi connectivity index (χ0n) is 14.5. The predicted molar refractivity (Wildman–Crippen MR) is 104 cm³/mol. The highest BCUT2D eigenvalue weighted by atomic mass is 32.2. The van der Waals surface area contributed by atoms with Gasteiger partial charge in [0.05, 0.1) is 0 Å². The molecule has 0 radical (unpaired) electrons. The van der Waals surface area contributed by atoms with E-state index in [0.29, 0.717) is 0 Å². The third-order valence-corrected chi connectivity index (χ3v) is 4.43. The van der Waals surface area contributed by atoms with Gasteiger partial charge in [-0.1, -0.05) is 66.2 Å². The first kappa shape index (κ1) is 19.6. The Labute approximate surface area is 154 Å². The molecule has 0 fully saturated rings. The summed E-state index contributed by atoms with van der Waals surface area (Å²) in [4.78, 5) is 11.6. The van der Waals surface area contributed by atoms with Crippen LogP contribution in [-0.4, -0.2) is 27.5 Å². The van der Waals surface area contributed by atoms with E-state index in [-0.39, 0.29) is 6.61 Å². The fourth-order valence-corrected chi connectivity index (χ4v) is 2.75. The van der Waals surface area contributed by atoms with Gasteiger partial charge in [0, 0.05) is 5.41 Å². The van der Waals surface area contributed by atoms with Crippen molar-refractivity contribution in [2.75, 3.05) is 13.2 Å². The highest BCUT2D eigenvalue weighted by Gasteiger charge is 2.09. The molecule has 5 nitrogen and oxygen atoms in total. The van der Waals surface area contributed by atoms with Crippen molar-refractivity contribution in [3.8, 4) is 0 Å². The average Bonchev–Trinajstić information content (AvgIpc) is 2.64. The van der Waals surface area contributed by atoms with Gasteiger partial charge in [-0.2, -0.15) is 0 Å². The lowest BCUT2D eigenvalue weighted by atomic mass is 10.2. The maximum Gasteiger partial charge on any atom is 0.321 e. The standard InChI is InChI=1S/C20H21NO4S/c1-17-9-11-19(12-10-17)13-15-26(23,24)21-16-20(22)25-14-5-8-18-6-3-2-4-7-18/h2-13,15,21H,14,16H2,1H3/b8-5+,15-13+. The molecule has 0 aliphatic rings. The molecule has 0 aromatic heterocycles. The van der Waals surface area contributed by atoms with Crippen LogP contribution in [-0.2, 0) is 19.6 Å². The highest BCUT2D eigenvalue weighted by molar-refractivity contribution is 7.92. The summed E-state index contributed by atoms with van der Waals surface area (Å²) in [6.07, 6.45) is 4.98. The first-order valence-corrected chi connectivity index (χ1v) is 9.61. The minimum absolute atomic E-state index is 0.0780. The van der Waals surface area contributed by atoms with Gasteiger partial charge in [0.2, 0.25) is 10.0 Å². The van der Waals surface area contributed by atoms with Gasteiger partial charge in [-0.25, -0.2) is 13.1 Å². The van der Waals surface area contributed by atoms with Crippen LogP contribution in [0, 0.1) is 6.92 Å². The van der Waals surface area contributed by atoms with Gasteiger partial charge < -0.3 is 4.74 Å². The quantitative estimate of drug-likeness (QED) is 0.724. The van der Waals surface area contributed by atoms with Crippen LogP contribution in [0.15, 0.2) is 66.1 Å². The average molecular weight is 371 g/mol. The Hall–Kier alpha value is -2.70. The Morgan fingerprint density at radius 1 is 1.00 bits per heavy atom. The van der Waals surface area contributed by atoms with E-state index in [2.05, 4.69) is 4.72 Å². The predicted octanol–water partition coefficient (Wildman–Crippen LogP) is 3.14. The summed E-state index contributed by atoms with van der Waals surface area (Å²) in [5, 5.41) is 1.03. The number of ether oxygens (including phenoxy) is 1. The molecule has 2 aromatic carbocycles. The Morgan fingerprint density at radius 2 is 1.65 bits per heavy atom. The number of hydrogen-bond acceptors (Lipinski definition) is 4. The van der Waals surface area contributed by atoms with Crippen molar-refractivity contribution in [2.45, 2.75) is 6.92 Å². The minimum atomic E-state index is -3.71. The molecule has 26 heavy (non-hydrogen) atoms. The number of benzene rings is 2. The SMILES string of the molecule is Cc1ccc(/C=C/S(=O)(=O)NCC(=O)OC/C=C/c2ccccc2)cc1. The van der Waals surface area contributed by atoms with Crippen LogP contribution in [0.1, 0.15) is 16.7 Å². The second-order valence-corrected chi connectivity index (χ2v) is 7.23. The lowest BCUT2D eigenvalue weighted by Crippen LogP contribution is -2.29. The molecule has 0 bridgehead atoms. The Morgan fingerprint density at radius 3 is 2.35 bits per heavy atom. The van der Waals surface area contributed by atoms with E-state index in [1.165, 1.54) is 6.08 Å². The third-order valence-electron chi connectivity index (χ3n) is 3.39. The first-order valence-electron chi connectivity index (χ1n) is 8.06. The Kier molecular flexibility index (Phi) is 7.32. The van der Waals surface area contributed by atoms with Crippen LogP contribution in [0.2, 0.25) is 0 Å². The van der Waals surface area contributed by atoms with E-state index in [4.69, 9.17) is 4.74 Å². The normalized spacial score (nSPS) is 11.9. The molecule has 0 unspecified atom stereocenters. The van der Waals surface area contributed by atoms with Crippen molar-refractivity contribution in [3.63, 3.8) is 0 Å². The summed E-state index contributed by atoms with van der Waals surface area (Å²) in [5.74, 6) is -0.643.